The van der Waals surface area contributed by atoms with Crippen molar-refractivity contribution in [3.8, 4) is 0 Å². The largest absolute Gasteiger partial charge is 0.543 e. The maximum absolute atomic E-state index is 10.6. The summed E-state index contributed by atoms with van der Waals surface area (Å²) in [7, 11) is 4.65. The van der Waals surface area contributed by atoms with E-state index in [1.54, 1.807) is 24.5 Å². The van der Waals surface area contributed by atoms with Crippen molar-refractivity contribution in [1.29, 1.82) is 0 Å². The van der Waals surface area contributed by atoms with Gasteiger partial charge in [-0.15, -0.1) is 0 Å². The molecule has 2 radical (unpaired) electrons. The first-order valence-corrected chi connectivity index (χ1v) is 3.11. The van der Waals surface area contributed by atoms with Crippen LogP contribution in [0.4, 0.5) is 0 Å². The van der Waals surface area contributed by atoms with Crippen LogP contribution in [0.25, 0.3) is 0 Å². The average molecular weight is 147 g/mol. The fourth-order valence-corrected chi connectivity index (χ4v) is 0.709. The van der Waals surface area contributed by atoms with Gasteiger partial charge in [-0.05, 0) is 17.7 Å². The van der Waals surface area contributed by atoms with Crippen molar-refractivity contribution in [3.05, 3.63) is 30.1 Å². The van der Waals surface area contributed by atoms with Crippen LogP contribution < -0.4 is 0 Å². The van der Waals surface area contributed by atoms with Crippen LogP contribution in [0.3, 0.4) is 0 Å². The summed E-state index contributed by atoms with van der Waals surface area (Å²) in [6, 6.07) is 3.47. The van der Waals surface area contributed by atoms with Gasteiger partial charge < -0.3 is 4.65 Å². The third kappa shape index (κ3) is 2.41. The summed E-state index contributed by atoms with van der Waals surface area (Å²) in [5.74, 6) is -0.448. The van der Waals surface area contributed by atoms with E-state index in [1.165, 1.54) is 0 Å². The first-order valence-electron chi connectivity index (χ1n) is 3.11. The SMILES string of the molecule is [B]OC(=O)Cc1ccncc1. The molecule has 0 atom stereocenters. The maximum atomic E-state index is 10.6. The van der Waals surface area contributed by atoms with Crippen LogP contribution in [0.2, 0.25) is 0 Å². The lowest BCUT2D eigenvalue weighted by Gasteiger charge is -1.97. The van der Waals surface area contributed by atoms with Crippen LogP contribution in [0.1, 0.15) is 5.56 Å². The van der Waals surface area contributed by atoms with Gasteiger partial charge in [0.15, 0.2) is 0 Å². The average Bonchev–Trinajstić information content (AvgIpc) is 2.06. The molecule has 1 rings (SSSR count). The summed E-state index contributed by atoms with van der Waals surface area (Å²) in [4.78, 5) is 14.4. The molecule has 1 heterocycles. The van der Waals surface area contributed by atoms with Crippen molar-refractivity contribution in [3.63, 3.8) is 0 Å². The molecule has 0 amide bonds. The Balaban J connectivity index is 2.58. The highest BCUT2D eigenvalue weighted by molar-refractivity contribution is 6.05. The maximum Gasteiger partial charge on any atom is 0.378 e. The summed E-state index contributed by atoms with van der Waals surface area (Å²) in [5, 5.41) is 0. The molecule has 0 aliphatic carbocycles. The normalized spacial score (nSPS) is 9.09. The highest BCUT2D eigenvalue weighted by Crippen LogP contribution is 1.97. The van der Waals surface area contributed by atoms with Crippen molar-refractivity contribution in [2.45, 2.75) is 6.42 Å². The number of carbonyl (C=O) groups excluding carboxylic acids is 1. The first-order chi connectivity index (χ1) is 5.33. The highest BCUT2D eigenvalue weighted by atomic mass is 16.5. The number of pyridine rings is 1. The van der Waals surface area contributed by atoms with Gasteiger partial charge in [0.05, 0.1) is 6.42 Å². The molecule has 0 aliphatic rings. The predicted molar refractivity (Wildman–Crippen MR) is 39.8 cm³/mol. The van der Waals surface area contributed by atoms with E-state index in [0.29, 0.717) is 0 Å². The van der Waals surface area contributed by atoms with Gasteiger partial charge in [0.25, 0.3) is 5.97 Å². The number of nitrogens with zero attached hydrogens (tertiary/aromatic N) is 1. The van der Waals surface area contributed by atoms with Crippen LogP contribution in [-0.2, 0) is 15.9 Å². The lowest BCUT2D eigenvalue weighted by Crippen LogP contribution is -2.04. The minimum absolute atomic E-state index is 0.193. The van der Waals surface area contributed by atoms with Gasteiger partial charge in [0.2, 0.25) is 0 Å². The number of carbonyl (C=O) groups is 1. The third-order valence-corrected chi connectivity index (χ3v) is 1.23. The van der Waals surface area contributed by atoms with Gasteiger partial charge in [0, 0.05) is 12.4 Å². The summed E-state index contributed by atoms with van der Waals surface area (Å²) in [6.07, 6.45) is 3.41. The van der Waals surface area contributed by atoms with Crippen molar-refractivity contribution >= 4 is 14.0 Å². The Hall–Kier alpha value is -1.32. The molecule has 0 aliphatic heterocycles. The Morgan fingerprint density at radius 2 is 2.18 bits per heavy atom. The highest BCUT2D eigenvalue weighted by Gasteiger charge is 1.99. The van der Waals surface area contributed by atoms with E-state index in [2.05, 4.69) is 17.7 Å². The van der Waals surface area contributed by atoms with E-state index in [-0.39, 0.29) is 6.42 Å². The van der Waals surface area contributed by atoms with Crippen LogP contribution in [0.15, 0.2) is 24.5 Å². The molecule has 0 fully saturated rings. The quantitative estimate of drug-likeness (QED) is 0.562. The first kappa shape index (κ1) is 7.79. The van der Waals surface area contributed by atoms with E-state index in [4.69, 9.17) is 0 Å². The third-order valence-electron chi connectivity index (χ3n) is 1.23. The van der Waals surface area contributed by atoms with E-state index < -0.39 is 5.97 Å². The molecule has 4 heteroatoms. The lowest BCUT2D eigenvalue weighted by atomic mass is 10.2. The van der Waals surface area contributed by atoms with Gasteiger partial charge in [0.1, 0.15) is 0 Å². The van der Waals surface area contributed by atoms with Crippen LogP contribution in [0, 0.1) is 0 Å². The molecule has 1 aromatic rings. The van der Waals surface area contributed by atoms with E-state index >= 15 is 0 Å². The van der Waals surface area contributed by atoms with Crippen LogP contribution in [0.5, 0.6) is 0 Å². The second-order valence-corrected chi connectivity index (χ2v) is 2.02. The molecule has 11 heavy (non-hydrogen) atoms. The Morgan fingerprint density at radius 1 is 1.55 bits per heavy atom. The minimum atomic E-state index is -0.448. The van der Waals surface area contributed by atoms with Gasteiger partial charge in [-0.25, -0.2) is 0 Å². The Kier molecular flexibility index (Phi) is 2.66. The van der Waals surface area contributed by atoms with Crippen molar-refractivity contribution in [2.75, 3.05) is 0 Å². The smallest absolute Gasteiger partial charge is 0.378 e. The zero-order valence-corrected chi connectivity index (χ0v) is 5.86. The number of rotatable bonds is 2. The summed E-state index contributed by atoms with van der Waals surface area (Å²) < 4.78 is 3.99. The standard InChI is InChI=1S/C7H6BNO2/c8-11-7(10)5-6-1-3-9-4-2-6/h1-4H,5H2. The van der Waals surface area contributed by atoms with Crippen molar-refractivity contribution in [1.82, 2.24) is 4.98 Å². The monoisotopic (exact) mass is 147 g/mol. The zero-order chi connectivity index (χ0) is 8.10. The molecule has 0 N–H and O–H groups in total. The van der Waals surface area contributed by atoms with Gasteiger partial charge in [-0.1, -0.05) is 0 Å². The fraction of sp³-hybridized carbons (Fsp3) is 0.143. The van der Waals surface area contributed by atoms with Gasteiger partial charge in [-0.3, -0.25) is 9.78 Å². The van der Waals surface area contributed by atoms with Crippen molar-refractivity contribution in [2.24, 2.45) is 0 Å². The Morgan fingerprint density at radius 3 is 2.73 bits per heavy atom. The molecule has 1 aromatic heterocycles. The topological polar surface area (TPSA) is 39.2 Å². The molecular weight excluding hydrogens is 141 g/mol. The zero-order valence-electron chi connectivity index (χ0n) is 5.86. The van der Waals surface area contributed by atoms with E-state index in [1.807, 2.05) is 0 Å². The summed E-state index contributed by atoms with van der Waals surface area (Å²) in [6.45, 7) is 0. The second-order valence-electron chi connectivity index (χ2n) is 2.02. The molecule has 0 bridgehead atoms. The Bertz CT molecular complexity index is 237. The van der Waals surface area contributed by atoms with Crippen LogP contribution >= 0.6 is 0 Å². The van der Waals surface area contributed by atoms with Gasteiger partial charge in [-0.2, -0.15) is 0 Å². The second kappa shape index (κ2) is 3.76. The molecule has 0 spiro atoms. The molecule has 0 aromatic carbocycles. The Labute approximate surface area is 65.8 Å². The molecular formula is C7H6BNO2. The molecule has 0 saturated carbocycles. The number of aromatic nitrogens is 1. The molecule has 3 nitrogen and oxygen atoms in total. The van der Waals surface area contributed by atoms with E-state index in [9.17, 15) is 4.79 Å². The number of hydrogen-bond donors (Lipinski definition) is 0. The lowest BCUT2D eigenvalue weighted by molar-refractivity contribution is -0.133. The molecule has 0 saturated heterocycles. The fourth-order valence-electron chi connectivity index (χ4n) is 0.709. The summed E-state index contributed by atoms with van der Waals surface area (Å²) >= 11 is 0. The van der Waals surface area contributed by atoms with E-state index in [0.717, 1.165) is 5.56 Å². The predicted octanol–water partition coefficient (Wildman–Crippen LogP) is 0.251. The van der Waals surface area contributed by atoms with Crippen molar-refractivity contribution < 1.29 is 9.45 Å². The van der Waals surface area contributed by atoms with Gasteiger partial charge >= 0.3 is 8.05 Å². The van der Waals surface area contributed by atoms with Crippen LogP contribution in [-0.4, -0.2) is 19.0 Å². The number of hydrogen-bond acceptors (Lipinski definition) is 3. The molecule has 54 valence electrons. The molecule has 0 unspecified atom stereocenters. The summed E-state index contributed by atoms with van der Waals surface area (Å²) in [5.41, 5.74) is 0.843. The minimum Gasteiger partial charge on any atom is -0.543 e.